The molecule has 0 aromatic heterocycles. The van der Waals surface area contributed by atoms with Crippen LogP contribution in [0.1, 0.15) is 82.1 Å². The zero-order chi connectivity index (χ0) is 28.9. The fourth-order valence-electron chi connectivity index (χ4n) is 8.05. The Kier molecular flexibility index (Phi) is 8.02. The maximum Gasteiger partial charge on any atom is 0.335 e. The van der Waals surface area contributed by atoms with E-state index in [1.807, 2.05) is 24.3 Å². The van der Waals surface area contributed by atoms with E-state index in [1.165, 1.54) is 0 Å². The van der Waals surface area contributed by atoms with Crippen molar-refractivity contribution >= 4 is 11.9 Å². The van der Waals surface area contributed by atoms with Crippen molar-refractivity contribution < 1.29 is 19.1 Å². The molecule has 1 saturated carbocycles. The van der Waals surface area contributed by atoms with E-state index in [-0.39, 0.29) is 52.9 Å². The molecule has 0 aromatic carbocycles. The summed E-state index contributed by atoms with van der Waals surface area (Å²) < 4.78 is 13.2. The lowest BCUT2D eigenvalue weighted by Crippen LogP contribution is -2.49. The minimum atomic E-state index is -0.757. The minimum absolute atomic E-state index is 0.0138. The van der Waals surface area contributed by atoms with Crippen LogP contribution in [-0.4, -0.2) is 23.1 Å². The first kappa shape index (κ1) is 29.6. The Bertz CT molecular complexity index is 1040. The molecule has 4 aliphatic carbocycles. The van der Waals surface area contributed by atoms with Crippen LogP contribution in [0.15, 0.2) is 59.8 Å². The van der Waals surface area contributed by atoms with Gasteiger partial charge in [0.25, 0.3) is 0 Å². The number of fused-ring (bicyclic) bond motifs is 2. The van der Waals surface area contributed by atoms with Gasteiger partial charge in [-0.25, -0.2) is 9.59 Å². The normalized spacial score (nSPS) is 34.7. The summed E-state index contributed by atoms with van der Waals surface area (Å²) in [5, 5.41) is 0. The summed E-state index contributed by atoms with van der Waals surface area (Å²) in [6.45, 7) is 21.5. The summed E-state index contributed by atoms with van der Waals surface area (Å²) >= 11 is 0. The van der Waals surface area contributed by atoms with Crippen LogP contribution in [0.4, 0.5) is 0 Å². The quantitative estimate of drug-likeness (QED) is 0.296. The molecular weight excluding hydrogens is 484 g/mol. The molecule has 0 spiro atoms. The number of carbonyl (C=O) groups excluding carboxylic acids is 2. The molecule has 6 unspecified atom stereocenters. The van der Waals surface area contributed by atoms with Gasteiger partial charge in [-0.2, -0.15) is 0 Å². The summed E-state index contributed by atoms with van der Waals surface area (Å²) in [7, 11) is 0. The number of hydrogen-bond acceptors (Lipinski definition) is 4. The second-order valence-electron chi connectivity index (χ2n) is 14.2. The number of ether oxygens (including phenoxy) is 2. The Labute approximate surface area is 236 Å². The smallest absolute Gasteiger partial charge is 0.335 e. The molecule has 0 amide bonds. The Hall–Kier alpha value is -2.36. The summed E-state index contributed by atoms with van der Waals surface area (Å²) in [6.07, 6.45) is 18.3. The molecule has 0 aromatic rings. The molecule has 0 radical (unpaired) electrons. The van der Waals surface area contributed by atoms with Crippen LogP contribution in [0.25, 0.3) is 0 Å². The number of rotatable bonds is 8. The van der Waals surface area contributed by atoms with Gasteiger partial charge in [0.2, 0.25) is 0 Å². The Morgan fingerprint density at radius 3 is 1.33 bits per heavy atom. The van der Waals surface area contributed by atoms with Crippen molar-refractivity contribution in [3.8, 4) is 0 Å². The molecule has 4 rings (SSSR count). The zero-order valence-electron chi connectivity index (χ0n) is 25.8. The molecule has 2 bridgehead atoms. The summed E-state index contributed by atoms with van der Waals surface area (Å²) in [6, 6.07) is 0. The van der Waals surface area contributed by atoms with Gasteiger partial charge in [0, 0.05) is 11.8 Å². The first-order valence-electron chi connectivity index (χ1n) is 15.1. The highest BCUT2D eigenvalue weighted by Gasteiger charge is 2.59. The van der Waals surface area contributed by atoms with Crippen LogP contribution in [0.3, 0.4) is 0 Å². The monoisotopic (exact) mass is 534 g/mol. The molecule has 0 heterocycles. The van der Waals surface area contributed by atoms with Crippen LogP contribution in [0.2, 0.25) is 0 Å². The third-order valence-electron chi connectivity index (χ3n) is 10.4. The van der Waals surface area contributed by atoms with E-state index in [4.69, 9.17) is 9.47 Å². The third kappa shape index (κ3) is 4.70. The van der Waals surface area contributed by atoms with Gasteiger partial charge in [-0.05, 0) is 65.9 Å². The zero-order valence-corrected chi connectivity index (χ0v) is 25.8. The highest BCUT2D eigenvalue weighted by atomic mass is 16.6. The highest BCUT2D eigenvalue weighted by molar-refractivity contribution is 6.03. The molecule has 4 nitrogen and oxygen atoms in total. The van der Waals surface area contributed by atoms with Crippen molar-refractivity contribution in [1.82, 2.24) is 0 Å². The van der Waals surface area contributed by atoms with Gasteiger partial charge in [0.05, 0.1) is 11.1 Å². The summed E-state index contributed by atoms with van der Waals surface area (Å²) in [4.78, 5) is 28.6. The SMILES string of the molecule is CC(C)C1C=CC=CC1(OC(=O)C1=C(C(=O)OC2(C(C)C)C=CC=CC2C(C)C)C2CCC1C2(C)C)C(C)C. The molecular formula is C35H50O4. The van der Waals surface area contributed by atoms with Crippen molar-refractivity contribution in [1.29, 1.82) is 0 Å². The van der Waals surface area contributed by atoms with Gasteiger partial charge in [0.15, 0.2) is 0 Å². The predicted octanol–water partition coefficient (Wildman–Crippen LogP) is 8.02. The molecule has 0 aliphatic heterocycles. The summed E-state index contributed by atoms with van der Waals surface area (Å²) in [5.41, 5.74) is -0.596. The van der Waals surface area contributed by atoms with Crippen LogP contribution < -0.4 is 0 Å². The average molecular weight is 535 g/mol. The Balaban J connectivity index is 1.76. The minimum Gasteiger partial charge on any atom is -0.451 e. The molecule has 4 heteroatoms. The van der Waals surface area contributed by atoms with Crippen molar-refractivity contribution in [3.63, 3.8) is 0 Å². The van der Waals surface area contributed by atoms with Crippen molar-refractivity contribution in [3.05, 3.63) is 59.8 Å². The van der Waals surface area contributed by atoms with E-state index in [1.54, 1.807) is 0 Å². The van der Waals surface area contributed by atoms with E-state index in [9.17, 15) is 9.59 Å². The highest BCUT2D eigenvalue weighted by Crippen LogP contribution is 2.61. The lowest BCUT2D eigenvalue weighted by Gasteiger charge is -2.44. The van der Waals surface area contributed by atoms with E-state index >= 15 is 0 Å². The van der Waals surface area contributed by atoms with Gasteiger partial charge in [0.1, 0.15) is 11.2 Å². The molecule has 1 fully saturated rings. The van der Waals surface area contributed by atoms with Crippen LogP contribution in [0, 0.1) is 52.8 Å². The average Bonchev–Trinajstić information content (AvgIpc) is 3.28. The Morgan fingerprint density at radius 1 is 0.667 bits per heavy atom. The van der Waals surface area contributed by atoms with Crippen molar-refractivity contribution in [2.75, 3.05) is 0 Å². The largest absolute Gasteiger partial charge is 0.451 e. The fourth-order valence-corrected chi connectivity index (χ4v) is 8.05. The van der Waals surface area contributed by atoms with Gasteiger partial charge in [-0.15, -0.1) is 0 Å². The van der Waals surface area contributed by atoms with Gasteiger partial charge < -0.3 is 9.47 Å². The molecule has 0 N–H and O–H groups in total. The van der Waals surface area contributed by atoms with E-state index in [2.05, 4.69) is 93.5 Å². The van der Waals surface area contributed by atoms with E-state index in [0.717, 1.165) is 12.8 Å². The van der Waals surface area contributed by atoms with Gasteiger partial charge in [-0.3, -0.25) is 0 Å². The predicted molar refractivity (Wildman–Crippen MR) is 158 cm³/mol. The molecule has 214 valence electrons. The van der Waals surface area contributed by atoms with Gasteiger partial charge >= 0.3 is 11.9 Å². The summed E-state index contributed by atoms with van der Waals surface area (Å²) in [5.74, 6) is 0.135. The van der Waals surface area contributed by atoms with Crippen molar-refractivity contribution in [2.24, 2.45) is 52.8 Å². The molecule has 4 aliphatic rings. The van der Waals surface area contributed by atoms with Crippen LogP contribution >= 0.6 is 0 Å². The maximum absolute atomic E-state index is 14.3. The van der Waals surface area contributed by atoms with Crippen LogP contribution in [0.5, 0.6) is 0 Å². The lowest BCUT2D eigenvalue weighted by molar-refractivity contribution is -0.164. The van der Waals surface area contributed by atoms with Gasteiger partial charge in [-0.1, -0.05) is 106 Å². The number of carbonyl (C=O) groups is 2. The molecule has 39 heavy (non-hydrogen) atoms. The second kappa shape index (κ2) is 10.6. The lowest BCUT2D eigenvalue weighted by atomic mass is 9.70. The van der Waals surface area contributed by atoms with Crippen molar-refractivity contribution in [2.45, 2.75) is 93.3 Å². The standard InChI is InChI=1S/C35H50O4/c1-21(2)25-15-11-13-19-34(25,23(5)6)38-31(36)29-27-17-18-28(33(27,9)10)30(29)32(37)39-35(24(7)8)20-14-12-16-26(35)22(3)4/h11-16,19-28H,17-18H2,1-10H3. The number of hydrogen-bond donors (Lipinski definition) is 0. The molecule has 0 saturated heterocycles. The first-order valence-corrected chi connectivity index (χ1v) is 15.1. The topological polar surface area (TPSA) is 52.6 Å². The first-order chi connectivity index (χ1) is 18.2. The maximum atomic E-state index is 14.3. The Morgan fingerprint density at radius 2 is 1.03 bits per heavy atom. The fraction of sp³-hybridized carbons (Fsp3) is 0.657. The molecule has 6 atom stereocenters. The van der Waals surface area contributed by atoms with E-state index < -0.39 is 11.2 Å². The second-order valence-corrected chi connectivity index (χ2v) is 14.2. The number of allylic oxidation sites excluding steroid dienone is 4. The number of esters is 2. The van der Waals surface area contributed by atoms with E-state index in [0.29, 0.717) is 23.0 Å². The van der Waals surface area contributed by atoms with Crippen LogP contribution in [-0.2, 0) is 19.1 Å². The third-order valence-corrected chi connectivity index (χ3v) is 10.4.